The van der Waals surface area contributed by atoms with Crippen molar-refractivity contribution in [2.45, 2.75) is 19.4 Å². The van der Waals surface area contributed by atoms with Crippen molar-refractivity contribution in [1.29, 1.82) is 0 Å². The van der Waals surface area contributed by atoms with Gasteiger partial charge in [-0.2, -0.15) is 21.6 Å². The molecule has 0 N–H and O–H groups in total. The van der Waals surface area contributed by atoms with Gasteiger partial charge in [0.2, 0.25) is 0 Å². The lowest BCUT2D eigenvalue weighted by Crippen LogP contribution is -2.31. The molecule has 108 valence electrons. The van der Waals surface area contributed by atoms with Gasteiger partial charge in [-0.3, -0.25) is 0 Å². The maximum atomic E-state index is 12.5. The molecule has 2 rings (SSSR count). The van der Waals surface area contributed by atoms with Gasteiger partial charge < -0.3 is 0 Å². The Morgan fingerprint density at radius 2 is 1.75 bits per heavy atom. The van der Waals surface area contributed by atoms with Gasteiger partial charge in [-0.1, -0.05) is 24.3 Å². The van der Waals surface area contributed by atoms with E-state index in [1.54, 1.807) is 31.2 Å². The molecule has 0 fully saturated rings. The van der Waals surface area contributed by atoms with Crippen LogP contribution in [0.5, 0.6) is 0 Å². The summed E-state index contributed by atoms with van der Waals surface area (Å²) in [5, 5.41) is 3.48. The Morgan fingerprint density at radius 3 is 2.30 bits per heavy atom. The summed E-state index contributed by atoms with van der Waals surface area (Å²) in [6.07, 6.45) is 0. The highest BCUT2D eigenvalue weighted by molar-refractivity contribution is 7.90. The van der Waals surface area contributed by atoms with E-state index in [0.717, 1.165) is 12.5 Å². The minimum absolute atomic E-state index is 0.0616. The van der Waals surface area contributed by atoms with Gasteiger partial charge in [0.05, 0.1) is 0 Å². The Labute approximate surface area is 113 Å². The van der Waals surface area contributed by atoms with E-state index in [0.29, 0.717) is 5.56 Å². The zero-order valence-corrected chi connectivity index (χ0v) is 11.3. The first-order valence-corrected chi connectivity index (χ1v) is 6.90. The van der Waals surface area contributed by atoms with Crippen LogP contribution in [0.15, 0.2) is 24.3 Å². The van der Waals surface area contributed by atoms with Gasteiger partial charge >= 0.3 is 15.5 Å². The molecule has 5 nitrogen and oxygen atoms in total. The number of aryl methyl sites for hydroxylation is 2. The summed E-state index contributed by atoms with van der Waals surface area (Å²) in [5.74, 6) is -0.408. The predicted octanol–water partition coefficient (Wildman–Crippen LogP) is 2.26. The van der Waals surface area contributed by atoms with Crippen LogP contribution in [0.2, 0.25) is 0 Å². The molecule has 1 aromatic heterocycles. The number of halogens is 3. The van der Waals surface area contributed by atoms with Crippen molar-refractivity contribution >= 4 is 10.0 Å². The lowest BCUT2D eigenvalue weighted by atomic mass is 10.1. The molecule has 0 radical (unpaired) electrons. The van der Waals surface area contributed by atoms with Gasteiger partial charge in [0, 0.05) is 5.56 Å². The fourth-order valence-corrected chi connectivity index (χ4v) is 2.41. The van der Waals surface area contributed by atoms with Crippen LogP contribution in [-0.2, 0) is 10.0 Å². The highest BCUT2D eigenvalue weighted by atomic mass is 32.2. The number of nitrogens with zero attached hydrogens (tertiary/aromatic N) is 3. The van der Waals surface area contributed by atoms with Crippen LogP contribution in [0.3, 0.4) is 0 Å². The molecular formula is C11H10F3N3O2S. The van der Waals surface area contributed by atoms with E-state index in [-0.39, 0.29) is 15.7 Å². The minimum atomic E-state index is -5.56. The molecule has 0 saturated heterocycles. The van der Waals surface area contributed by atoms with Crippen LogP contribution in [0.4, 0.5) is 13.2 Å². The summed E-state index contributed by atoms with van der Waals surface area (Å²) < 4.78 is 60.1. The molecular weight excluding hydrogens is 295 g/mol. The maximum Gasteiger partial charge on any atom is 0.518 e. The maximum absolute atomic E-state index is 12.5. The van der Waals surface area contributed by atoms with Crippen LogP contribution >= 0.6 is 0 Å². The summed E-state index contributed by atoms with van der Waals surface area (Å²) in [6, 6.07) is 6.74. The van der Waals surface area contributed by atoms with Gasteiger partial charge in [-0.05, 0) is 19.4 Å². The van der Waals surface area contributed by atoms with Gasteiger partial charge in [0.15, 0.2) is 5.82 Å². The molecule has 0 saturated carbocycles. The highest BCUT2D eigenvalue weighted by Crippen LogP contribution is 2.27. The predicted molar refractivity (Wildman–Crippen MR) is 65.3 cm³/mol. The smallest absolute Gasteiger partial charge is 0.211 e. The Bertz CT molecular complexity index is 751. The molecule has 0 aliphatic carbocycles. The Balaban J connectivity index is 2.60. The molecule has 2 aromatic rings. The third kappa shape index (κ3) is 2.28. The standard InChI is InChI=1S/C11H10F3N3O2S/c1-7-5-3-4-6-9(7)10-15-8(2)17(16-10)20(18,19)11(12,13)14/h3-6H,1-2H3. The molecule has 20 heavy (non-hydrogen) atoms. The third-order valence-corrected chi connectivity index (χ3v) is 4.02. The molecule has 0 unspecified atom stereocenters. The van der Waals surface area contributed by atoms with Gasteiger partial charge in [-0.25, -0.2) is 4.98 Å². The summed E-state index contributed by atoms with van der Waals surface area (Å²) in [6.45, 7) is 2.88. The molecule has 1 aromatic carbocycles. The molecule has 1 heterocycles. The topological polar surface area (TPSA) is 64.8 Å². The van der Waals surface area contributed by atoms with Crippen LogP contribution in [-0.4, -0.2) is 28.1 Å². The van der Waals surface area contributed by atoms with Crippen molar-refractivity contribution in [1.82, 2.24) is 14.2 Å². The molecule has 0 atom stereocenters. The van der Waals surface area contributed by atoms with E-state index in [2.05, 4.69) is 10.1 Å². The number of rotatable bonds is 2. The van der Waals surface area contributed by atoms with E-state index < -0.39 is 15.5 Å². The number of hydrogen-bond acceptors (Lipinski definition) is 4. The first-order valence-electron chi connectivity index (χ1n) is 5.46. The van der Waals surface area contributed by atoms with E-state index >= 15 is 0 Å². The Morgan fingerprint density at radius 1 is 1.15 bits per heavy atom. The molecule has 0 aliphatic heterocycles. The first-order chi connectivity index (χ1) is 9.14. The summed E-state index contributed by atoms with van der Waals surface area (Å²) in [7, 11) is -5.56. The minimum Gasteiger partial charge on any atom is -0.211 e. The van der Waals surface area contributed by atoms with Crippen molar-refractivity contribution < 1.29 is 21.6 Å². The fraction of sp³-hybridized carbons (Fsp3) is 0.273. The summed E-state index contributed by atoms with van der Waals surface area (Å²) >= 11 is 0. The summed E-state index contributed by atoms with van der Waals surface area (Å²) in [5.41, 5.74) is -4.21. The van der Waals surface area contributed by atoms with Crippen molar-refractivity contribution in [2.75, 3.05) is 0 Å². The highest BCUT2D eigenvalue weighted by Gasteiger charge is 2.49. The summed E-state index contributed by atoms with van der Waals surface area (Å²) in [4.78, 5) is 3.79. The van der Waals surface area contributed by atoms with Crippen LogP contribution in [0.1, 0.15) is 11.4 Å². The largest absolute Gasteiger partial charge is 0.518 e. The van der Waals surface area contributed by atoms with Crippen LogP contribution in [0, 0.1) is 13.8 Å². The monoisotopic (exact) mass is 305 g/mol. The average Bonchev–Trinajstić information content (AvgIpc) is 2.71. The van der Waals surface area contributed by atoms with E-state index in [1.807, 2.05) is 0 Å². The number of aromatic nitrogens is 3. The van der Waals surface area contributed by atoms with Gasteiger partial charge in [0.25, 0.3) is 0 Å². The van der Waals surface area contributed by atoms with Crippen molar-refractivity contribution in [3.05, 3.63) is 35.7 Å². The Hall–Kier alpha value is -1.90. The van der Waals surface area contributed by atoms with Crippen molar-refractivity contribution in [2.24, 2.45) is 0 Å². The number of benzene rings is 1. The van der Waals surface area contributed by atoms with Crippen LogP contribution in [0.25, 0.3) is 11.4 Å². The van der Waals surface area contributed by atoms with Gasteiger partial charge in [0.1, 0.15) is 5.82 Å². The lowest BCUT2D eigenvalue weighted by Gasteiger charge is -2.07. The molecule has 0 amide bonds. The van der Waals surface area contributed by atoms with Crippen molar-refractivity contribution in [3.8, 4) is 11.4 Å². The zero-order chi connectivity index (χ0) is 15.1. The van der Waals surface area contributed by atoms with E-state index in [1.165, 1.54) is 0 Å². The fourth-order valence-electron chi connectivity index (χ4n) is 1.64. The normalized spacial score (nSPS) is 12.7. The quantitative estimate of drug-likeness (QED) is 0.853. The van der Waals surface area contributed by atoms with E-state index in [4.69, 9.17) is 0 Å². The van der Waals surface area contributed by atoms with Crippen LogP contribution < -0.4 is 0 Å². The second-order valence-electron chi connectivity index (χ2n) is 4.09. The second-order valence-corrected chi connectivity index (χ2v) is 5.85. The van der Waals surface area contributed by atoms with Gasteiger partial charge in [-0.15, -0.1) is 9.19 Å². The lowest BCUT2D eigenvalue weighted by molar-refractivity contribution is -0.0450. The van der Waals surface area contributed by atoms with E-state index in [9.17, 15) is 21.6 Å². The zero-order valence-electron chi connectivity index (χ0n) is 10.5. The third-order valence-electron chi connectivity index (χ3n) is 2.64. The number of alkyl halides is 3. The average molecular weight is 305 g/mol. The molecule has 9 heteroatoms. The molecule has 0 spiro atoms. The number of hydrogen-bond donors (Lipinski definition) is 0. The first kappa shape index (κ1) is 14.5. The Kier molecular flexibility index (Phi) is 3.32. The van der Waals surface area contributed by atoms with Crippen molar-refractivity contribution in [3.63, 3.8) is 0 Å². The molecule has 0 aliphatic rings. The SMILES string of the molecule is Cc1ccccc1-c1nc(C)n(S(=O)(=O)C(F)(F)F)n1. The second kappa shape index (κ2) is 4.58. The molecule has 0 bridgehead atoms.